The summed E-state index contributed by atoms with van der Waals surface area (Å²) < 4.78 is 6.76. The number of phenolic OH excluding ortho intramolecular Hbond substituents is 1. The summed E-state index contributed by atoms with van der Waals surface area (Å²) in [7, 11) is 0. The number of hydrogen-bond acceptors (Lipinski definition) is 5. The lowest BCUT2D eigenvalue weighted by Gasteiger charge is -2.26. The largest absolute Gasteiger partial charge is 0.508 e. The molecule has 0 spiro atoms. The van der Waals surface area contributed by atoms with Crippen LogP contribution in [0, 0.1) is 12.3 Å². The summed E-state index contributed by atoms with van der Waals surface area (Å²) in [5, 5.41) is 11.6. The number of nitrogens with zero attached hydrogens (tertiary/aromatic N) is 1. The van der Waals surface area contributed by atoms with Crippen LogP contribution in [-0.4, -0.2) is 29.6 Å². The van der Waals surface area contributed by atoms with Crippen molar-refractivity contribution >= 4 is 61.5 Å². The first-order valence-corrected chi connectivity index (χ1v) is 9.66. The lowest BCUT2D eigenvalue weighted by atomic mass is 10.1. The zero-order valence-corrected chi connectivity index (χ0v) is 17.8. The molecule has 0 aliphatic carbocycles. The van der Waals surface area contributed by atoms with Gasteiger partial charge in [0.1, 0.15) is 23.7 Å². The minimum Gasteiger partial charge on any atom is -0.508 e. The summed E-state index contributed by atoms with van der Waals surface area (Å²) in [5.74, 6) is 1.01. The van der Waals surface area contributed by atoms with Gasteiger partial charge in [-0.3, -0.25) is 14.9 Å². The Labute approximate surface area is 182 Å². The lowest BCUT2D eigenvalue weighted by molar-refractivity contribution is -0.122. The van der Waals surface area contributed by atoms with Crippen LogP contribution in [0.5, 0.6) is 11.5 Å². The average molecular weight is 520 g/mol. The van der Waals surface area contributed by atoms with Crippen LogP contribution in [0.15, 0.2) is 50.9 Å². The van der Waals surface area contributed by atoms with Crippen molar-refractivity contribution in [2.24, 2.45) is 0 Å². The zero-order valence-electron chi connectivity index (χ0n) is 14.6. The van der Waals surface area contributed by atoms with Gasteiger partial charge in [-0.1, -0.05) is 21.9 Å². The van der Waals surface area contributed by atoms with Crippen molar-refractivity contribution < 1.29 is 24.2 Å². The molecule has 0 bridgehead atoms. The first kappa shape index (κ1) is 20.6. The Morgan fingerprint density at radius 3 is 2.52 bits per heavy atom. The highest BCUT2D eigenvalue weighted by atomic mass is 79.9. The van der Waals surface area contributed by atoms with Crippen LogP contribution in [0.2, 0.25) is 0 Å². The third kappa shape index (κ3) is 4.34. The van der Waals surface area contributed by atoms with Crippen LogP contribution >= 0.6 is 31.9 Å². The Morgan fingerprint density at radius 2 is 1.86 bits per heavy atom. The summed E-state index contributed by atoms with van der Waals surface area (Å²) in [6.45, 7) is -0.0192. The molecule has 3 rings (SSSR count). The van der Waals surface area contributed by atoms with Gasteiger partial charge in [0.25, 0.3) is 11.8 Å². The topological polar surface area (TPSA) is 95.9 Å². The van der Waals surface area contributed by atoms with Crippen molar-refractivity contribution in [2.75, 3.05) is 11.5 Å². The summed E-state index contributed by atoms with van der Waals surface area (Å²) in [6.07, 6.45) is 6.57. The zero-order chi connectivity index (χ0) is 21.1. The molecule has 146 valence electrons. The van der Waals surface area contributed by atoms with Gasteiger partial charge in [0.15, 0.2) is 0 Å². The van der Waals surface area contributed by atoms with E-state index >= 15 is 0 Å². The van der Waals surface area contributed by atoms with Gasteiger partial charge in [0.05, 0.1) is 10.2 Å². The maximum Gasteiger partial charge on any atom is 0.335 e. The lowest BCUT2D eigenvalue weighted by Crippen LogP contribution is -2.54. The number of nitrogens with one attached hydrogen (secondary N) is 1. The second-order valence-electron chi connectivity index (χ2n) is 5.77. The van der Waals surface area contributed by atoms with Crippen LogP contribution < -0.4 is 15.0 Å². The van der Waals surface area contributed by atoms with Crippen molar-refractivity contribution in [1.29, 1.82) is 0 Å². The molecule has 7 nitrogen and oxygen atoms in total. The second-order valence-corrected chi connectivity index (χ2v) is 7.54. The number of ether oxygens (including phenoxy) is 1. The maximum atomic E-state index is 12.9. The van der Waals surface area contributed by atoms with Gasteiger partial charge < -0.3 is 9.84 Å². The molecule has 0 aromatic heterocycles. The van der Waals surface area contributed by atoms with Gasteiger partial charge in [0.2, 0.25) is 0 Å². The molecule has 0 atom stereocenters. The third-order valence-corrected chi connectivity index (χ3v) is 4.89. The fraction of sp³-hybridized carbons (Fsp3) is 0.0500. The van der Waals surface area contributed by atoms with E-state index in [1.807, 2.05) is 0 Å². The van der Waals surface area contributed by atoms with E-state index in [0.29, 0.717) is 20.3 Å². The van der Waals surface area contributed by atoms with E-state index in [4.69, 9.17) is 11.2 Å². The van der Waals surface area contributed by atoms with Gasteiger partial charge >= 0.3 is 6.03 Å². The fourth-order valence-corrected chi connectivity index (χ4v) is 3.98. The molecule has 2 aromatic rings. The standard InChI is InChI=1S/C20H12Br2N2O5/c1-2-7-29-17-11(8-12(21)10-16(17)22)9-15-18(26)23-20(28)24(19(15)27)13-3-5-14(25)6-4-13/h1,3-6,8-10,25H,7H2,(H,23,26,28)/b15-9+. The molecular formula is C20H12Br2N2O5. The monoisotopic (exact) mass is 518 g/mol. The SMILES string of the molecule is C#CCOc1c(Br)cc(Br)cc1/C=C1\C(=O)NC(=O)N(c2ccc(O)cc2)C1=O. The normalized spacial score (nSPS) is 15.3. The number of urea groups is 1. The van der Waals surface area contributed by atoms with Gasteiger partial charge in [-0.25, -0.2) is 9.69 Å². The van der Waals surface area contributed by atoms with Crippen LogP contribution in [0.1, 0.15) is 5.56 Å². The number of carbonyl (C=O) groups excluding carboxylic acids is 3. The maximum absolute atomic E-state index is 12.9. The molecular weight excluding hydrogens is 508 g/mol. The minimum absolute atomic E-state index is 0.0192. The number of aromatic hydroxyl groups is 1. The average Bonchev–Trinajstić information content (AvgIpc) is 2.65. The highest BCUT2D eigenvalue weighted by Crippen LogP contribution is 2.35. The molecule has 2 aromatic carbocycles. The third-order valence-electron chi connectivity index (χ3n) is 3.85. The van der Waals surface area contributed by atoms with E-state index in [-0.39, 0.29) is 23.6 Å². The molecule has 4 amide bonds. The van der Waals surface area contributed by atoms with E-state index in [1.165, 1.54) is 30.3 Å². The Balaban J connectivity index is 2.08. The summed E-state index contributed by atoms with van der Waals surface area (Å²) in [4.78, 5) is 38.4. The van der Waals surface area contributed by atoms with Crippen molar-refractivity contribution in [3.63, 3.8) is 0 Å². The van der Waals surface area contributed by atoms with Crippen molar-refractivity contribution in [1.82, 2.24) is 5.32 Å². The number of hydrogen-bond donors (Lipinski definition) is 2. The minimum atomic E-state index is -0.887. The molecule has 1 heterocycles. The highest BCUT2D eigenvalue weighted by Gasteiger charge is 2.37. The quantitative estimate of drug-likeness (QED) is 0.365. The molecule has 29 heavy (non-hydrogen) atoms. The van der Waals surface area contributed by atoms with Gasteiger partial charge in [-0.2, -0.15) is 0 Å². The number of barbiturate groups is 1. The molecule has 0 saturated carbocycles. The van der Waals surface area contributed by atoms with E-state index in [2.05, 4.69) is 43.1 Å². The number of imide groups is 2. The number of carbonyl (C=O) groups is 3. The first-order valence-electron chi connectivity index (χ1n) is 8.07. The molecule has 2 N–H and O–H groups in total. The first-order chi connectivity index (χ1) is 13.8. The number of halogens is 2. The molecule has 0 unspecified atom stereocenters. The Kier molecular flexibility index (Phi) is 6.06. The second kappa shape index (κ2) is 8.51. The number of rotatable bonds is 4. The van der Waals surface area contributed by atoms with E-state index in [0.717, 1.165) is 4.90 Å². The Morgan fingerprint density at radius 1 is 1.17 bits per heavy atom. The van der Waals surface area contributed by atoms with Crippen molar-refractivity contribution in [3.8, 4) is 23.8 Å². The van der Waals surface area contributed by atoms with Crippen LogP contribution in [0.4, 0.5) is 10.5 Å². The molecule has 1 aliphatic rings. The summed E-state index contributed by atoms with van der Waals surface area (Å²) in [5.41, 5.74) is 0.330. The van der Waals surface area contributed by atoms with E-state index in [9.17, 15) is 19.5 Å². The van der Waals surface area contributed by atoms with Crippen molar-refractivity contribution in [2.45, 2.75) is 0 Å². The molecule has 9 heteroatoms. The number of phenols is 1. The number of terminal acetylenes is 1. The molecule has 1 aliphatic heterocycles. The Hall–Kier alpha value is -3.09. The number of anilines is 1. The molecule has 1 fully saturated rings. The van der Waals surface area contributed by atoms with Crippen LogP contribution in [0.25, 0.3) is 6.08 Å². The summed E-state index contributed by atoms with van der Waals surface area (Å²) in [6, 6.07) is 7.91. The van der Waals surface area contributed by atoms with Crippen LogP contribution in [0.3, 0.4) is 0 Å². The number of benzene rings is 2. The van der Waals surface area contributed by atoms with Crippen LogP contribution in [-0.2, 0) is 9.59 Å². The number of amides is 4. The fourth-order valence-electron chi connectivity index (χ4n) is 2.60. The predicted molar refractivity (Wildman–Crippen MR) is 113 cm³/mol. The van der Waals surface area contributed by atoms with E-state index in [1.54, 1.807) is 12.1 Å². The predicted octanol–water partition coefficient (Wildman–Crippen LogP) is 3.60. The highest BCUT2D eigenvalue weighted by molar-refractivity contribution is 9.11. The van der Waals surface area contributed by atoms with Crippen molar-refractivity contribution in [3.05, 3.63) is 56.5 Å². The van der Waals surface area contributed by atoms with Gasteiger partial charge in [-0.15, -0.1) is 6.42 Å². The van der Waals surface area contributed by atoms with Gasteiger partial charge in [0, 0.05) is 10.0 Å². The molecule has 0 radical (unpaired) electrons. The van der Waals surface area contributed by atoms with E-state index < -0.39 is 17.8 Å². The Bertz CT molecular complexity index is 1090. The summed E-state index contributed by atoms with van der Waals surface area (Å²) >= 11 is 6.71. The smallest absolute Gasteiger partial charge is 0.335 e. The molecule has 1 saturated heterocycles. The van der Waals surface area contributed by atoms with Gasteiger partial charge in [-0.05, 0) is 58.4 Å².